The second kappa shape index (κ2) is 5.17. The van der Waals surface area contributed by atoms with E-state index >= 15 is 0 Å². The fraction of sp³-hybridized carbons (Fsp3) is 0.273. The molecule has 1 rings (SSSR count). The topological polar surface area (TPSA) is 38.7 Å². The van der Waals surface area contributed by atoms with Crippen LogP contribution in [0, 0.1) is 0 Å². The molecule has 0 bridgehead atoms. The Morgan fingerprint density at radius 2 is 2.00 bits per heavy atom. The molecule has 74 valence electrons. The second-order valence-electron chi connectivity index (χ2n) is 2.84. The first-order chi connectivity index (χ1) is 6.74. The lowest BCUT2D eigenvalue weighted by atomic mass is 10.1. The molecule has 0 radical (unpaired) electrons. The van der Waals surface area contributed by atoms with Crippen LogP contribution in [0.1, 0.15) is 25.8 Å². The summed E-state index contributed by atoms with van der Waals surface area (Å²) in [4.78, 5) is 15.2. The maximum absolute atomic E-state index is 10.6. The molecule has 1 aromatic carbocycles. The van der Waals surface area contributed by atoms with E-state index < -0.39 is 5.97 Å². The third-order valence-electron chi connectivity index (χ3n) is 1.73. The van der Waals surface area contributed by atoms with Crippen LogP contribution in [0.15, 0.2) is 35.5 Å². The molecule has 0 N–H and O–H groups in total. The first kappa shape index (κ1) is 10.4. The van der Waals surface area contributed by atoms with Crippen LogP contribution in [0.3, 0.4) is 0 Å². The first-order valence-electron chi connectivity index (χ1n) is 4.54. The molecule has 14 heavy (non-hydrogen) atoms. The van der Waals surface area contributed by atoms with Crippen molar-refractivity contribution in [3.63, 3.8) is 0 Å². The van der Waals surface area contributed by atoms with Crippen molar-refractivity contribution in [2.45, 2.75) is 20.3 Å². The van der Waals surface area contributed by atoms with Gasteiger partial charge in [-0.1, -0.05) is 42.4 Å². The highest BCUT2D eigenvalue weighted by Gasteiger charge is 2.01. The summed E-state index contributed by atoms with van der Waals surface area (Å²) in [5.74, 6) is -0.396. The molecule has 0 amide bonds. The molecule has 0 aliphatic carbocycles. The highest BCUT2D eigenvalue weighted by molar-refractivity contribution is 6.00. The smallest absolute Gasteiger partial charge is 0.318 e. The predicted octanol–water partition coefficient (Wildman–Crippen LogP) is 2.36. The molecule has 0 spiro atoms. The molecule has 0 unspecified atom stereocenters. The van der Waals surface area contributed by atoms with Gasteiger partial charge in [-0.05, 0) is 12.0 Å². The van der Waals surface area contributed by atoms with Crippen LogP contribution in [-0.2, 0) is 9.63 Å². The molecule has 3 heteroatoms. The van der Waals surface area contributed by atoms with Gasteiger partial charge in [-0.25, -0.2) is 4.79 Å². The second-order valence-corrected chi connectivity index (χ2v) is 2.84. The van der Waals surface area contributed by atoms with Crippen molar-refractivity contribution in [1.29, 1.82) is 0 Å². The molecule has 0 heterocycles. The number of nitrogens with zero attached hydrogens (tertiary/aromatic N) is 1. The first-order valence-corrected chi connectivity index (χ1v) is 4.54. The fourth-order valence-corrected chi connectivity index (χ4v) is 1.07. The van der Waals surface area contributed by atoms with E-state index in [1.54, 1.807) is 0 Å². The quantitative estimate of drug-likeness (QED) is 0.418. The van der Waals surface area contributed by atoms with Gasteiger partial charge in [0.2, 0.25) is 0 Å². The number of carbonyl (C=O) groups is 1. The summed E-state index contributed by atoms with van der Waals surface area (Å²) < 4.78 is 0. The molecule has 1 aromatic rings. The van der Waals surface area contributed by atoms with E-state index in [9.17, 15) is 4.79 Å². The van der Waals surface area contributed by atoms with E-state index in [2.05, 4.69) is 9.99 Å². The maximum Gasteiger partial charge on any atom is 0.331 e. The van der Waals surface area contributed by atoms with Crippen LogP contribution in [0.2, 0.25) is 0 Å². The number of oxime groups is 1. The van der Waals surface area contributed by atoms with Gasteiger partial charge in [0.05, 0.1) is 5.71 Å². The highest BCUT2D eigenvalue weighted by Crippen LogP contribution is 2.04. The van der Waals surface area contributed by atoms with Crippen LogP contribution >= 0.6 is 0 Å². The normalized spacial score (nSPS) is 11.1. The third kappa shape index (κ3) is 3.01. The molecular weight excluding hydrogens is 178 g/mol. The molecule has 0 atom stereocenters. The van der Waals surface area contributed by atoms with E-state index in [0.717, 1.165) is 17.7 Å². The van der Waals surface area contributed by atoms with E-state index in [1.165, 1.54) is 6.92 Å². The zero-order valence-electron chi connectivity index (χ0n) is 8.36. The van der Waals surface area contributed by atoms with Crippen LogP contribution in [0.5, 0.6) is 0 Å². The van der Waals surface area contributed by atoms with Crippen molar-refractivity contribution in [1.82, 2.24) is 0 Å². The van der Waals surface area contributed by atoms with Gasteiger partial charge in [0.25, 0.3) is 0 Å². The van der Waals surface area contributed by atoms with Gasteiger partial charge in [-0.15, -0.1) is 0 Å². The highest BCUT2D eigenvalue weighted by atomic mass is 16.7. The summed E-state index contributed by atoms with van der Waals surface area (Å²) in [5.41, 5.74) is 1.76. The number of hydrogen-bond acceptors (Lipinski definition) is 3. The van der Waals surface area contributed by atoms with Crippen molar-refractivity contribution in [3.8, 4) is 0 Å². The van der Waals surface area contributed by atoms with Crippen molar-refractivity contribution >= 4 is 11.7 Å². The van der Waals surface area contributed by atoms with Crippen LogP contribution in [-0.4, -0.2) is 11.7 Å². The minimum absolute atomic E-state index is 0.396. The zero-order chi connectivity index (χ0) is 10.4. The van der Waals surface area contributed by atoms with Crippen molar-refractivity contribution < 1.29 is 9.63 Å². The van der Waals surface area contributed by atoms with Gasteiger partial charge in [0.1, 0.15) is 0 Å². The van der Waals surface area contributed by atoms with Gasteiger partial charge < -0.3 is 4.84 Å². The Kier molecular flexibility index (Phi) is 3.85. The number of carbonyl (C=O) groups excluding carboxylic acids is 1. The van der Waals surface area contributed by atoms with Crippen LogP contribution in [0.4, 0.5) is 0 Å². The fourth-order valence-electron chi connectivity index (χ4n) is 1.07. The average molecular weight is 191 g/mol. The van der Waals surface area contributed by atoms with E-state index in [4.69, 9.17) is 0 Å². The molecule has 0 saturated carbocycles. The van der Waals surface area contributed by atoms with Gasteiger partial charge in [0.15, 0.2) is 0 Å². The van der Waals surface area contributed by atoms with Gasteiger partial charge >= 0.3 is 5.97 Å². The molecule has 0 aromatic heterocycles. The Hall–Kier alpha value is -1.64. The molecule has 0 saturated heterocycles. The van der Waals surface area contributed by atoms with E-state index in [0.29, 0.717) is 0 Å². The molecular formula is C11H13NO2. The summed E-state index contributed by atoms with van der Waals surface area (Å²) in [6.45, 7) is 3.30. The third-order valence-corrected chi connectivity index (χ3v) is 1.73. The van der Waals surface area contributed by atoms with Crippen LogP contribution < -0.4 is 0 Å². The lowest BCUT2D eigenvalue weighted by Gasteiger charge is -2.01. The lowest BCUT2D eigenvalue weighted by molar-refractivity contribution is -0.140. The van der Waals surface area contributed by atoms with Crippen LogP contribution in [0.25, 0.3) is 0 Å². The molecule has 0 aliphatic rings. The lowest BCUT2D eigenvalue weighted by Crippen LogP contribution is -2.02. The number of rotatable bonds is 3. The SMILES string of the molecule is CC/C(=N/OC(C)=O)c1ccccc1. The van der Waals surface area contributed by atoms with E-state index in [1.807, 2.05) is 37.3 Å². The maximum atomic E-state index is 10.6. The minimum Gasteiger partial charge on any atom is -0.318 e. The Balaban J connectivity index is 2.82. The largest absolute Gasteiger partial charge is 0.331 e. The van der Waals surface area contributed by atoms with Gasteiger partial charge in [0, 0.05) is 6.92 Å². The molecule has 3 nitrogen and oxygen atoms in total. The summed E-state index contributed by atoms with van der Waals surface area (Å²) in [7, 11) is 0. The zero-order valence-corrected chi connectivity index (χ0v) is 8.36. The Morgan fingerprint density at radius 3 is 2.50 bits per heavy atom. The summed E-state index contributed by atoms with van der Waals surface area (Å²) in [6, 6.07) is 9.66. The van der Waals surface area contributed by atoms with Gasteiger partial charge in [-0.2, -0.15) is 0 Å². The Labute approximate surface area is 83.4 Å². The predicted molar refractivity (Wildman–Crippen MR) is 55.0 cm³/mol. The summed E-state index contributed by atoms with van der Waals surface area (Å²) in [6.07, 6.45) is 0.733. The van der Waals surface area contributed by atoms with E-state index in [-0.39, 0.29) is 0 Å². The molecule has 0 aliphatic heterocycles. The average Bonchev–Trinajstić information content (AvgIpc) is 2.20. The monoisotopic (exact) mass is 191 g/mol. The summed E-state index contributed by atoms with van der Waals surface area (Å²) >= 11 is 0. The minimum atomic E-state index is -0.396. The van der Waals surface area contributed by atoms with Gasteiger partial charge in [-0.3, -0.25) is 0 Å². The number of hydrogen-bond donors (Lipinski definition) is 0. The number of benzene rings is 1. The Bertz CT molecular complexity index is 330. The van der Waals surface area contributed by atoms with Crippen molar-refractivity contribution in [2.24, 2.45) is 5.16 Å². The molecule has 0 fully saturated rings. The summed E-state index contributed by atoms with van der Waals surface area (Å²) in [5, 5.41) is 3.78. The van der Waals surface area contributed by atoms with Crippen molar-refractivity contribution in [3.05, 3.63) is 35.9 Å². The standard InChI is InChI=1S/C11H13NO2/c1-3-11(12-14-9(2)13)10-7-5-4-6-8-10/h4-8H,3H2,1-2H3/b12-11-. The van der Waals surface area contributed by atoms with Crippen molar-refractivity contribution in [2.75, 3.05) is 0 Å². The Morgan fingerprint density at radius 1 is 1.36 bits per heavy atom.